The van der Waals surface area contributed by atoms with E-state index >= 15 is 0 Å². The van der Waals surface area contributed by atoms with Crippen LogP contribution < -0.4 is 0 Å². The summed E-state index contributed by atoms with van der Waals surface area (Å²) in [6, 6.07) is 7.17. The molecule has 0 bridgehead atoms. The third-order valence-electron chi connectivity index (χ3n) is 1.79. The van der Waals surface area contributed by atoms with Gasteiger partial charge in [0.2, 0.25) is 0 Å². The monoisotopic (exact) mass is 204 g/mol. The number of aromatic nitrogens is 3. The van der Waals surface area contributed by atoms with Crippen LogP contribution in [0.1, 0.15) is 5.56 Å². The normalized spacial score (nSPS) is 9.71. The van der Waals surface area contributed by atoms with E-state index in [1.54, 1.807) is 35.4 Å². The summed E-state index contributed by atoms with van der Waals surface area (Å²) in [5.41, 5.74) is 1.26. The molecule has 0 atom stereocenters. The predicted molar refractivity (Wildman–Crippen MR) is 51.1 cm³/mol. The van der Waals surface area contributed by atoms with E-state index in [4.69, 9.17) is 16.9 Å². The SMILES string of the molecule is N#Cc1cc(-n2cnnc2)ccc1Cl. The van der Waals surface area contributed by atoms with E-state index in [1.165, 1.54) is 0 Å². The zero-order chi connectivity index (χ0) is 9.97. The molecule has 0 spiro atoms. The minimum Gasteiger partial charge on any atom is -0.288 e. The maximum absolute atomic E-state index is 8.77. The lowest BCUT2D eigenvalue weighted by Crippen LogP contribution is -1.90. The zero-order valence-electron chi connectivity index (χ0n) is 7.05. The van der Waals surface area contributed by atoms with Gasteiger partial charge in [0.15, 0.2) is 0 Å². The van der Waals surface area contributed by atoms with Gasteiger partial charge < -0.3 is 0 Å². The third kappa shape index (κ3) is 1.45. The molecule has 2 rings (SSSR count). The topological polar surface area (TPSA) is 54.5 Å². The van der Waals surface area contributed by atoms with E-state index < -0.39 is 0 Å². The highest BCUT2D eigenvalue weighted by Gasteiger charge is 2.02. The summed E-state index contributed by atoms with van der Waals surface area (Å²) in [7, 11) is 0. The number of halogens is 1. The molecule has 1 aromatic carbocycles. The van der Waals surface area contributed by atoms with Crippen molar-refractivity contribution < 1.29 is 0 Å². The van der Waals surface area contributed by atoms with Gasteiger partial charge in [-0.3, -0.25) is 4.57 Å². The molecule has 5 heteroatoms. The van der Waals surface area contributed by atoms with Crippen molar-refractivity contribution in [3.8, 4) is 11.8 Å². The van der Waals surface area contributed by atoms with Crippen molar-refractivity contribution in [2.75, 3.05) is 0 Å². The summed E-state index contributed by atoms with van der Waals surface area (Å²) in [4.78, 5) is 0. The third-order valence-corrected chi connectivity index (χ3v) is 2.12. The first kappa shape index (κ1) is 8.73. The van der Waals surface area contributed by atoms with Crippen LogP contribution in [0.5, 0.6) is 0 Å². The van der Waals surface area contributed by atoms with Crippen LogP contribution in [-0.4, -0.2) is 14.8 Å². The van der Waals surface area contributed by atoms with Gasteiger partial charge in [-0.2, -0.15) is 5.26 Å². The zero-order valence-corrected chi connectivity index (χ0v) is 7.81. The van der Waals surface area contributed by atoms with E-state index in [0.29, 0.717) is 10.6 Å². The van der Waals surface area contributed by atoms with Gasteiger partial charge >= 0.3 is 0 Å². The smallest absolute Gasteiger partial charge is 0.123 e. The number of benzene rings is 1. The molecule has 14 heavy (non-hydrogen) atoms. The molecule has 0 amide bonds. The van der Waals surface area contributed by atoms with E-state index in [9.17, 15) is 0 Å². The molecule has 68 valence electrons. The van der Waals surface area contributed by atoms with Crippen molar-refractivity contribution >= 4 is 11.6 Å². The Morgan fingerprint density at radius 2 is 2.00 bits per heavy atom. The van der Waals surface area contributed by atoms with Crippen LogP contribution in [0.25, 0.3) is 5.69 Å². The Morgan fingerprint density at radius 1 is 1.29 bits per heavy atom. The van der Waals surface area contributed by atoms with Gasteiger partial charge in [0.1, 0.15) is 18.7 Å². The molecule has 2 aromatic rings. The lowest BCUT2D eigenvalue weighted by atomic mass is 10.2. The fourth-order valence-corrected chi connectivity index (χ4v) is 1.25. The molecular formula is C9H5ClN4. The summed E-state index contributed by atoms with van der Waals surface area (Å²) < 4.78 is 1.71. The maximum Gasteiger partial charge on any atom is 0.123 e. The standard InChI is InChI=1S/C9H5ClN4/c10-9-2-1-8(3-7(9)4-11)14-5-12-13-6-14/h1-3,5-6H. The average molecular weight is 205 g/mol. The van der Waals surface area contributed by atoms with Crippen molar-refractivity contribution in [3.63, 3.8) is 0 Å². The van der Waals surface area contributed by atoms with E-state index in [1.807, 2.05) is 6.07 Å². The molecule has 0 saturated heterocycles. The van der Waals surface area contributed by atoms with Crippen LogP contribution in [0.4, 0.5) is 0 Å². The Bertz CT molecular complexity index is 484. The van der Waals surface area contributed by atoms with Crippen molar-refractivity contribution in [2.45, 2.75) is 0 Å². The van der Waals surface area contributed by atoms with Crippen LogP contribution >= 0.6 is 11.6 Å². The summed E-state index contributed by atoms with van der Waals surface area (Å²) in [6.07, 6.45) is 3.12. The second-order valence-corrected chi connectivity index (χ2v) is 3.05. The Kier molecular flexibility index (Phi) is 2.17. The van der Waals surface area contributed by atoms with E-state index in [-0.39, 0.29) is 0 Å². The van der Waals surface area contributed by atoms with Gasteiger partial charge in [0.05, 0.1) is 10.6 Å². The number of hydrogen-bond donors (Lipinski definition) is 0. The number of nitrogens with zero attached hydrogens (tertiary/aromatic N) is 4. The summed E-state index contributed by atoms with van der Waals surface area (Å²) in [5, 5.41) is 16.6. The van der Waals surface area contributed by atoms with Crippen LogP contribution in [0.3, 0.4) is 0 Å². The fourth-order valence-electron chi connectivity index (χ4n) is 1.09. The lowest BCUT2D eigenvalue weighted by Gasteiger charge is -2.01. The number of hydrogen-bond acceptors (Lipinski definition) is 3. The average Bonchev–Trinajstić information content (AvgIpc) is 2.71. The van der Waals surface area contributed by atoms with Gasteiger partial charge in [-0.15, -0.1) is 10.2 Å². The quantitative estimate of drug-likeness (QED) is 0.712. The summed E-state index contributed by atoms with van der Waals surface area (Å²) in [6.45, 7) is 0. The van der Waals surface area contributed by atoms with Gasteiger partial charge in [-0.05, 0) is 18.2 Å². The maximum atomic E-state index is 8.77. The molecule has 0 unspecified atom stereocenters. The minimum absolute atomic E-state index is 0.442. The molecule has 1 heterocycles. The summed E-state index contributed by atoms with van der Waals surface area (Å²) >= 11 is 5.79. The molecule has 0 saturated carbocycles. The Morgan fingerprint density at radius 3 is 2.64 bits per heavy atom. The second kappa shape index (κ2) is 3.48. The highest BCUT2D eigenvalue weighted by molar-refractivity contribution is 6.31. The highest BCUT2D eigenvalue weighted by Crippen LogP contribution is 2.18. The molecular weight excluding hydrogens is 200 g/mol. The van der Waals surface area contributed by atoms with E-state index in [0.717, 1.165) is 5.69 Å². The Labute approximate surface area is 85.4 Å². The van der Waals surface area contributed by atoms with Crippen LogP contribution in [-0.2, 0) is 0 Å². The first-order chi connectivity index (χ1) is 6.81. The van der Waals surface area contributed by atoms with Gasteiger partial charge in [-0.25, -0.2) is 0 Å². The second-order valence-electron chi connectivity index (χ2n) is 2.65. The van der Waals surface area contributed by atoms with Crippen molar-refractivity contribution in [3.05, 3.63) is 41.4 Å². The van der Waals surface area contributed by atoms with Crippen molar-refractivity contribution in [2.24, 2.45) is 0 Å². The van der Waals surface area contributed by atoms with E-state index in [2.05, 4.69) is 10.2 Å². The lowest BCUT2D eigenvalue weighted by molar-refractivity contribution is 1.05. The molecule has 0 aliphatic heterocycles. The minimum atomic E-state index is 0.442. The van der Waals surface area contributed by atoms with Gasteiger partial charge in [-0.1, -0.05) is 11.6 Å². The molecule has 0 radical (unpaired) electrons. The molecule has 0 N–H and O–H groups in total. The number of rotatable bonds is 1. The summed E-state index contributed by atoms with van der Waals surface area (Å²) in [5.74, 6) is 0. The molecule has 0 fully saturated rings. The van der Waals surface area contributed by atoms with Crippen LogP contribution in [0.15, 0.2) is 30.9 Å². The molecule has 0 aliphatic rings. The fraction of sp³-hybridized carbons (Fsp3) is 0. The van der Waals surface area contributed by atoms with Crippen molar-refractivity contribution in [1.29, 1.82) is 5.26 Å². The predicted octanol–water partition coefficient (Wildman–Crippen LogP) is 1.79. The molecule has 1 aromatic heterocycles. The Balaban J connectivity index is 2.53. The highest BCUT2D eigenvalue weighted by atomic mass is 35.5. The van der Waals surface area contributed by atoms with Gasteiger partial charge in [0.25, 0.3) is 0 Å². The van der Waals surface area contributed by atoms with Gasteiger partial charge in [0, 0.05) is 5.69 Å². The molecule has 4 nitrogen and oxygen atoms in total. The first-order valence-corrected chi connectivity index (χ1v) is 4.23. The molecule has 0 aliphatic carbocycles. The Hall–Kier alpha value is -1.86. The number of nitriles is 1. The van der Waals surface area contributed by atoms with Crippen LogP contribution in [0, 0.1) is 11.3 Å². The first-order valence-electron chi connectivity index (χ1n) is 3.86. The van der Waals surface area contributed by atoms with Crippen LogP contribution in [0.2, 0.25) is 5.02 Å². The largest absolute Gasteiger partial charge is 0.288 e. The van der Waals surface area contributed by atoms with Crippen molar-refractivity contribution in [1.82, 2.24) is 14.8 Å².